The second-order valence-corrected chi connectivity index (χ2v) is 2.12. The van der Waals surface area contributed by atoms with Crippen LogP contribution in [0, 0.1) is 5.92 Å². The van der Waals surface area contributed by atoms with E-state index in [0.717, 1.165) is 0 Å². The summed E-state index contributed by atoms with van der Waals surface area (Å²) in [6, 6.07) is 0. The summed E-state index contributed by atoms with van der Waals surface area (Å²) in [5, 5.41) is 30.2. The molecule has 0 aromatic carbocycles. The molecule has 0 saturated carbocycles. The Morgan fingerprint density at radius 1 is 1.08 bits per heavy atom. The molecule has 0 aromatic heterocycles. The van der Waals surface area contributed by atoms with Crippen molar-refractivity contribution < 1.29 is 34.8 Å². The summed E-state index contributed by atoms with van der Waals surface area (Å²) < 4.78 is 0. The molecular formula is C6H10O7. The fraction of sp³-hybridized carbons (Fsp3) is 0.500. The maximum atomic E-state index is 9.97. The fourth-order valence-corrected chi connectivity index (χ4v) is 0.349. The van der Waals surface area contributed by atoms with E-state index in [-0.39, 0.29) is 6.42 Å². The fourth-order valence-electron chi connectivity index (χ4n) is 0.349. The smallest absolute Gasteiger partial charge is 0.481 e. The minimum Gasteiger partial charge on any atom is -0.481 e. The molecule has 0 aliphatic heterocycles. The number of rotatable bonds is 3. The molecule has 0 aromatic rings. The Morgan fingerprint density at radius 2 is 1.38 bits per heavy atom. The van der Waals surface area contributed by atoms with Crippen molar-refractivity contribution in [2.75, 3.05) is 0 Å². The van der Waals surface area contributed by atoms with E-state index < -0.39 is 24.0 Å². The summed E-state index contributed by atoms with van der Waals surface area (Å²) in [6.45, 7) is 1.36. The summed E-state index contributed by atoms with van der Waals surface area (Å²) in [5.74, 6) is -2.94. The third kappa shape index (κ3) is 17.8. The molecule has 7 heteroatoms. The van der Waals surface area contributed by atoms with Gasteiger partial charge in [-0.3, -0.25) is 9.59 Å². The standard InChI is InChI=1S/C5H8O4.CH2O3/c1-3(5(8)9)2-4(6)7;2-1(3)4/h3H,2H2,1H3,(H,6,7)(H,8,9);(H2,2,3,4). The molecule has 0 heterocycles. The molecular weight excluding hydrogens is 184 g/mol. The molecule has 4 N–H and O–H groups in total. The van der Waals surface area contributed by atoms with Gasteiger partial charge in [-0.25, -0.2) is 4.79 Å². The molecule has 0 saturated heterocycles. The van der Waals surface area contributed by atoms with Crippen molar-refractivity contribution in [1.82, 2.24) is 0 Å². The number of carboxylic acids is 2. The minimum atomic E-state index is -1.83. The van der Waals surface area contributed by atoms with Crippen LogP contribution in [0.15, 0.2) is 0 Å². The summed E-state index contributed by atoms with van der Waals surface area (Å²) in [5.41, 5.74) is 0. The molecule has 1 atom stereocenters. The van der Waals surface area contributed by atoms with Gasteiger partial charge in [0.15, 0.2) is 0 Å². The van der Waals surface area contributed by atoms with E-state index in [9.17, 15) is 9.59 Å². The van der Waals surface area contributed by atoms with E-state index in [4.69, 9.17) is 25.2 Å². The highest BCUT2D eigenvalue weighted by Gasteiger charge is 2.13. The first-order valence-electron chi connectivity index (χ1n) is 3.13. The van der Waals surface area contributed by atoms with Gasteiger partial charge in [0, 0.05) is 0 Å². The average molecular weight is 194 g/mol. The van der Waals surface area contributed by atoms with Crippen LogP contribution in [0.5, 0.6) is 0 Å². The van der Waals surface area contributed by atoms with Crippen LogP contribution in [0.3, 0.4) is 0 Å². The zero-order valence-corrected chi connectivity index (χ0v) is 6.80. The van der Waals surface area contributed by atoms with Gasteiger partial charge in [-0.2, -0.15) is 0 Å². The molecule has 0 radical (unpaired) electrons. The highest BCUT2D eigenvalue weighted by atomic mass is 16.6. The number of hydrogen-bond donors (Lipinski definition) is 4. The Balaban J connectivity index is 0. The maximum Gasteiger partial charge on any atom is 0.503 e. The Kier molecular flexibility index (Phi) is 7.30. The van der Waals surface area contributed by atoms with E-state index in [1.807, 2.05) is 0 Å². The molecule has 0 bridgehead atoms. The van der Waals surface area contributed by atoms with Gasteiger partial charge in [-0.05, 0) is 0 Å². The monoisotopic (exact) mass is 194 g/mol. The first-order valence-corrected chi connectivity index (χ1v) is 3.13. The van der Waals surface area contributed by atoms with Crippen molar-refractivity contribution in [3.05, 3.63) is 0 Å². The van der Waals surface area contributed by atoms with Crippen molar-refractivity contribution in [2.45, 2.75) is 13.3 Å². The van der Waals surface area contributed by atoms with Gasteiger partial charge in [-0.15, -0.1) is 0 Å². The number of carboxylic acid groups (broad SMARTS) is 4. The first kappa shape index (κ1) is 13.8. The van der Waals surface area contributed by atoms with Gasteiger partial charge in [0.25, 0.3) is 0 Å². The Hall–Kier alpha value is -1.79. The molecule has 0 spiro atoms. The lowest BCUT2D eigenvalue weighted by Crippen LogP contribution is -2.13. The van der Waals surface area contributed by atoms with Gasteiger partial charge < -0.3 is 20.4 Å². The van der Waals surface area contributed by atoms with Crippen molar-refractivity contribution in [1.29, 1.82) is 0 Å². The van der Waals surface area contributed by atoms with Crippen molar-refractivity contribution in [2.24, 2.45) is 5.92 Å². The largest absolute Gasteiger partial charge is 0.503 e. The number of hydrogen-bond acceptors (Lipinski definition) is 3. The summed E-state index contributed by atoms with van der Waals surface area (Å²) >= 11 is 0. The Labute approximate surface area is 73.2 Å². The van der Waals surface area contributed by atoms with Crippen LogP contribution in [0.25, 0.3) is 0 Å². The van der Waals surface area contributed by atoms with Crippen LogP contribution in [-0.2, 0) is 9.59 Å². The van der Waals surface area contributed by atoms with Crippen molar-refractivity contribution >= 4 is 18.1 Å². The first-order chi connectivity index (χ1) is 5.77. The molecule has 1 unspecified atom stereocenters. The van der Waals surface area contributed by atoms with E-state index >= 15 is 0 Å². The normalized spacial score (nSPS) is 10.5. The van der Waals surface area contributed by atoms with Crippen LogP contribution in [0.1, 0.15) is 13.3 Å². The SMILES string of the molecule is CC(CC(=O)O)C(=O)O.O=C(O)O. The van der Waals surface area contributed by atoms with Crippen LogP contribution < -0.4 is 0 Å². The van der Waals surface area contributed by atoms with E-state index in [1.54, 1.807) is 0 Å². The van der Waals surface area contributed by atoms with E-state index in [1.165, 1.54) is 6.92 Å². The molecule has 13 heavy (non-hydrogen) atoms. The van der Waals surface area contributed by atoms with Gasteiger partial charge >= 0.3 is 18.1 Å². The lowest BCUT2D eigenvalue weighted by Gasteiger charge is -1.98. The number of carbonyl (C=O) groups is 3. The van der Waals surface area contributed by atoms with Gasteiger partial charge in [0.05, 0.1) is 12.3 Å². The molecule has 0 rings (SSSR count). The van der Waals surface area contributed by atoms with E-state index in [0.29, 0.717) is 0 Å². The van der Waals surface area contributed by atoms with Crippen LogP contribution >= 0.6 is 0 Å². The lowest BCUT2D eigenvalue weighted by atomic mass is 10.1. The van der Waals surface area contributed by atoms with Crippen LogP contribution in [0.2, 0.25) is 0 Å². The minimum absolute atomic E-state index is 0.310. The summed E-state index contributed by atoms with van der Waals surface area (Å²) in [6.07, 6.45) is -2.14. The van der Waals surface area contributed by atoms with E-state index in [2.05, 4.69) is 0 Å². The third-order valence-corrected chi connectivity index (χ3v) is 0.902. The second-order valence-electron chi connectivity index (χ2n) is 2.12. The summed E-state index contributed by atoms with van der Waals surface area (Å²) in [4.78, 5) is 28.4. The summed E-state index contributed by atoms with van der Waals surface area (Å²) in [7, 11) is 0. The van der Waals surface area contributed by atoms with Crippen LogP contribution in [-0.4, -0.2) is 38.5 Å². The zero-order chi connectivity index (χ0) is 11.0. The molecule has 7 nitrogen and oxygen atoms in total. The molecule has 0 aliphatic carbocycles. The third-order valence-electron chi connectivity index (χ3n) is 0.902. The highest BCUT2D eigenvalue weighted by molar-refractivity contribution is 5.77. The average Bonchev–Trinajstić information content (AvgIpc) is 1.83. The Bertz CT molecular complexity index is 193. The van der Waals surface area contributed by atoms with Crippen molar-refractivity contribution in [3.8, 4) is 0 Å². The van der Waals surface area contributed by atoms with Crippen LogP contribution in [0.4, 0.5) is 4.79 Å². The quantitative estimate of drug-likeness (QED) is 0.511. The highest BCUT2D eigenvalue weighted by Crippen LogP contribution is 1.99. The molecule has 76 valence electrons. The number of aliphatic carboxylic acids is 2. The predicted molar refractivity (Wildman–Crippen MR) is 39.7 cm³/mol. The molecule has 0 fully saturated rings. The van der Waals surface area contributed by atoms with Gasteiger partial charge in [-0.1, -0.05) is 6.92 Å². The Morgan fingerprint density at radius 3 is 1.46 bits per heavy atom. The topological polar surface area (TPSA) is 132 Å². The predicted octanol–water partition coefficient (Wildman–Crippen LogP) is 0.404. The zero-order valence-electron chi connectivity index (χ0n) is 6.80. The molecule has 0 amide bonds. The van der Waals surface area contributed by atoms with Gasteiger partial charge in [0.2, 0.25) is 0 Å². The van der Waals surface area contributed by atoms with Gasteiger partial charge in [0.1, 0.15) is 0 Å². The molecule has 0 aliphatic rings. The van der Waals surface area contributed by atoms with Crippen molar-refractivity contribution in [3.63, 3.8) is 0 Å². The maximum absolute atomic E-state index is 9.97. The lowest BCUT2D eigenvalue weighted by molar-refractivity contribution is -0.147. The second kappa shape index (κ2) is 6.89.